The largest absolute Gasteiger partial charge is 0.462 e. The van der Waals surface area contributed by atoms with E-state index in [0.29, 0.717) is 30.2 Å². The molecular formula is C22H22N4O3. The SMILES string of the molecule is CCOC(=O)c1ccc(NC(=O)c2ccc(NCc3ccc(C)cc3)nn2)cc1. The summed E-state index contributed by atoms with van der Waals surface area (Å²) in [5.74, 6) is -0.197. The summed E-state index contributed by atoms with van der Waals surface area (Å²) in [5, 5.41) is 13.9. The van der Waals surface area contributed by atoms with E-state index in [9.17, 15) is 9.59 Å². The van der Waals surface area contributed by atoms with Gasteiger partial charge in [0.25, 0.3) is 5.91 Å². The maximum atomic E-state index is 12.3. The zero-order valence-corrected chi connectivity index (χ0v) is 16.3. The van der Waals surface area contributed by atoms with Crippen LogP contribution in [0.25, 0.3) is 0 Å². The smallest absolute Gasteiger partial charge is 0.338 e. The predicted molar refractivity (Wildman–Crippen MR) is 111 cm³/mol. The molecule has 0 bridgehead atoms. The second-order valence-electron chi connectivity index (χ2n) is 6.39. The molecule has 29 heavy (non-hydrogen) atoms. The standard InChI is InChI=1S/C22H22N4O3/c1-3-29-22(28)17-8-10-18(11-9-17)24-21(27)19-12-13-20(26-25-19)23-14-16-6-4-15(2)5-7-16/h4-13H,3,14H2,1-2H3,(H,23,26)(H,24,27). The van der Waals surface area contributed by atoms with Crippen LogP contribution < -0.4 is 10.6 Å². The molecule has 0 fully saturated rings. The van der Waals surface area contributed by atoms with E-state index in [1.807, 2.05) is 19.1 Å². The first kappa shape index (κ1) is 20.0. The molecule has 0 saturated carbocycles. The second kappa shape index (κ2) is 9.45. The minimum Gasteiger partial charge on any atom is -0.462 e. The molecule has 0 aliphatic heterocycles. The quantitative estimate of drug-likeness (QED) is 0.596. The van der Waals surface area contributed by atoms with Crippen LogP contribution in [-0.2, 0) is 11.3 Å². The molecule has 2 N–H and O–H groups in total. The van der Waals surface area contributed by atoms with Crippen molar-refractivity contribution in [3.63, 3.8) is 0 Å². The maximum absolute atomic E-state index is 12.3. The number of hydrogen-bond acceptors (Lipinski definition) is 6. The van der Waals surface area contributed by atoms with Gasteiger partial charge in [-0.2, -0.15) is 0 Å². The van der Waals surface area contributed by atoms with Crippen LogP contribution in [0, 0.1) is 6.92 Å². The molecule has 7 nitrogen and oxygen atoms in total. The predicted octanol–water partition coefficient (Wildman–Crippen LogP) is 3.83. The summed E-state index contributed by atoms with van der Waals surface area (Å²) in [5.41, 5.74) is 3.50. The number of carbonyl (C=O) groups excluding carboxylic acids is 2. The Morgan fingerprint density at radius 3 is 2.28 bits per heavy atom. The molecule has 1 amide bonds. The van der Waals surface area contributed by atoms with Gasteiger partial charge in [0.1, 0.15) is 5.82 Å². The van der Waals surface area contributed by atoms with Gasteiger partial charge in [-0.1, -0.05) is 29.8 Å². The van der Waals surface area contributed by atoms with Crippen molar-refractivity contribution < 1.29 is 14.3 Å². The Labute approximate surface area is 169 Å². The highest BCUT2D eigenvalue weighted by molar-refractivity contribution is 6.03. The Morgan fingerprint density at radius 1 is 0.931 bits per heavy atom. The molecule has 0 aliphatic carbocycles. The van der Waals surface area contributed by atoms with Crippen LogP contribution in [0.15, 0.2) is 60.7 Å². The van der Waals surface area contributed by atoms with Crippen LogP contribution in [0.5, 0.6) is 0 Å². The number of aryl methyl sites for hydroxylation is 1. The minimum atomic E-state index is -0.398. The number of anilines is 2. The van der Waals surface area contributed by atoms with Gasteiger partial charge in [0, 0.05) is 12.2 Å². The number of rotatable bonds is 7. The highest BCUT2D eigenvalue weighted by Gasteiger charge is 2.10. The molecule has 0 saturated heterocycles. The van der Waals surface area contributed by atoms with Gasteiger partial charge >= 0.3 is 5.97 Å². The maximum Gasteiger partial charge on any atom is 0.338 e. The molecule has 7 heteroatoms. The Balaban J connectivity index is 1.55. The molecule has 0 unspecified atom stereocenters. The number of nitrogens with zero attached hydrogens (tertiary/aromatic N) is 2. The molecule has 3 aromatic rings. The molecule has 0 atom stereocenters. The first-order valence-electron chi connectivity index (χ1n) is 9.27. The molecule has 0 radical (unpaired) electrons. The second-order valence-corrected chi connectivity index (χ2v) is 6.39. The number of nitrogens with one attached hydrogen (secondary N) is 2. The minimum absolute atomic E-state index is 0.195. The van der Waals surface area contributed by atoms with E-state index < -0.39 is 5.97 Å². The summed E-state index contributed by atoms with van der Waals surface area (Å²) in [6.07, 6.45) is 0. The van der Waals surface area contributed by atoms with Crippen molar-refractivity contribution in [1.82, 2.24) is 10.2 Å². The van der Waals surface area contributed by atoms with Gasteiger partial charge in [-0.05, 0) is 55.8 Å². The Kier molecular flexibility index (Phi) is 6.52. The van der Waals surface area contributed by atoms with Crippen LogP contribution >= 0.6 is 0 Å². The van der Waals surface area contributed by atoms with Crippen molar-refractivity contribution in [3.8, 4) is 0 Å². The number of amides is 1. The number of carbonyl (C=O) groups is 2. The lowest BCUT2D eigenvalue weighted by atomic mass is 10.1. The zero-order valence-electron chi connectivity index (χ0n) is 16.3. The number of benzene rings is 2. The van der Waals surface area contributed by atoms with Crippen molar-refractivity contribution in [2.45, 2.75) is 20.4 Å². The lowest BCUT2D eigenvalue weighted by Crippen LogP contribution is -2.15. The average molecular weight is 390 g/mol. The Hall–Kier alpha value is -3.74. The highest BCUT2D eigenvalue weighted by Crippen LogP contribution is 2.13. The van der Waals surface area contributed by atoms with E-state index in [2.05, 4.69) is 33.0 Å². The molecule has 148 valence electrons. The fourth-order valence-corrected chi connectivity index (χ4v) is 2.55. The molecule has 3 rings (SSSR count). The third-order valence-corrected chi connectivity index (χ3v) is 4.15. The molecule has 1 heterocycles. The van der Waals surface area contributed by atoms with Crippen molar-refractivity contribution in [2.75, 3.05) is 17.2 Å². The van der Waals surface area contributed by atoms with Crippen molar-refractivity contribution in [1.29, 1.82) is 0 Å². The summed E-state index contributed by atoms with van der Waals surface area (Å²) in [7, 11) is 0. The number of ether oxygens (including phenoxy) is 1. The average Bonchev–Trinajstić information content (AvgIpc) is 2.74. The van der Waals surface area contributed by atoms with E-state index in [0.717, 1.165) is 5.56 Å². The number of hydrogen-bond donors (Lipinski definition) is 2. The normalized spacial score (nSPS) is 10.3. The van der Waals surface area contributed by atoms with Crippen LogP contribution in [0.3, 0.4) is 0 Å². The van der Waals surface area contributed by atoms with Gasteiger partial charge in [0.15, 0.2) is 5.69 Å². The zero-order chi connectivity index (χ0) is 20.6. The lowest BCUT2D eigenvalue weighted by Gasteiger charge is -2.07. The van der Waals surface area contributed by atoms with E-state index in [-0.39, 0.29) is 11.6 Å². The topological polar surface area (TPSA) is 93.2 Å². The van der Waals surface area contributed by atoms with Gasteiger partial charge < -0.3 is 15.4 Å². The fourth-order valence-electron chi connectivity index (χ4n) is 2.55. The summed E-state index contributed by atoms with van der Waals surface area (Å²) in [4.78, 5) is 24.0. The third kappa shape index (κ3) is 5.62. The van der Waals surface area contributed by atoms with Crippen LogP contribution in [0.1, 0.15) is 38.9 Å². The van der Waals surface area contributed by atoms with E-state index in [1.54, 1.807) is 43.3 Å². The monoisotopic (exact) mass is 390 g/mol. The third-order valence-electron chi connectivity index (χ3n) is 4.15. The van der Waals surface area contributed by atoms with Gasteiger partial charge in [-0.3, -0.25) is 4.79 Å². The van der Waals surface area contributed by atoms with E-state index in [4.69, 9.17) is 4.74 Å². The van der Waals surface area contributed by atoms with Gasteiger partial charge in [-0.15, -0.1) is 10.2 Å². The fraction of sp³-hybridized carbons (Fsp3) is 0.182. The van der Waals surface area contributed by atoms with Crippen molar-refractivity contribution in [2.24, 2.45) is 0 Å². The summed E-state index contributed by atoms with van der Waals surface area (Å²) in [6.45, 7) is 4.72. The van der Waals surface area contributed by atoms with E-state index >= 15 is 0 Å². The van der Waals surface area contributed by atoms with Crippen LogP contribution in [0.4, 0.5) is 11.5 Å². The summed E-state index contributed by atoms with van der Waals surface area (Å²) >= 11 is 0. The molecule has 0 spiro atoms. The van der Waals surface area contributed by atoms with Crippen LogP contribution in [-0.4, -0.2) is 28.7 Å². The first-order chi connectivity index (χ1) is 14.0. The Morgan fingerprint density at radius 2 is 1.66 bits per heavy atom. The molecular weight excluding hydrogens is 368 g/mol. The Bertz CT molecular complexity index is 968. The molecule has 2 aromatic carbocycles. The van der Waals surface area contributed by atoms with Crippen molar-refractivity contribution in [3.05, 3.63) is 83.0 Å². The van der Waals surface area contributed by atoms with Gasteiger partial charge in [0.05, 0.1) is 12.2 Å². The number of esters is 1. The summed E-state index contributed by atoms with van der Waals surface area (Å²) in [6, 6.07) is 18.0. The number of aromatic nitrogens is 2. The molecule has 0 aliphatic rings. The van der Waals surface area contributed by atoms with Gasteiger partial charge in [0.2, 0.25) is 0 Å². The van der Waals surface area contributed by atoms with Crippen molar-refractivity contribution >= 4 is 23.4 Å². The first-order valence-corrected chi connectivity index (χ1v) is 9.27. The van der Waals surface area contributed by atoms with E-state index in [1.165, 1.54) is 5.56 Å². The van der Waals surface area contributed by atoms with Crippen LogP contribution in [0.2, 0.25) is 0 Å². The van der Waals surface area contributed by atoms with Gasteiger partial charge in [-0.25, -0.2) is 4.79 Å². The molecule has 1 aromatic heterocycles. The summed E-state index contributed by atoms with van der Waals surface area (Å²) < 4.78 is 4.93. The highest BCUT2D eigenvalue weighted by atomic mass is 16.5. The lowest BCUT2D eigenvalue weighted by molar-refractivity contribution is 0.0526.